The highest BCUT2D eigenvalue weighted by molar-refractivity contribution is 7.89. The summed E-state index contributed by atoms with van der Waals surface area (Å²) >= 11 is 1.66. The largest absolute Gasteiger partial charge is 0.338 e. The van der Waals surface area contributed by atoms with Crippen molar-refractivity contribution in [2.24, 2.45) is 0 Å². The first kappa shape index (κ1) is 15.5. The van der Waals surface area contributed by atoms with Gasteiger partial charge in [-0.15, -0.1) is 0 Å². The molecule has 7 heteroatoms. The van der Waals surface area contributed by atoms with E-state index in [0.717, 1.165) is 6.42 Å². The molecule has 1 aromatic heterocycles. The van der Waals surface area contributed by atoms with Gasteiger partial charge in [-0.05, 0) is 42.7 Å². The monoisotopic (exact) mass is 316 g/mol. The molecule has 1 amide bonds. The average molecular weight is 316 g/mol. The van der Waals surface area contributed by atoms with Crippen molar-refractivity contribution in [1.82, 2.24) is 9.62 Å². The highest BCUT2D eigenvalue weighted by Crippen LogP contribution is 2.32. The van der Waals surface area contributed by atoms with E-state index in [1.54, 1.807) is 23.2 Å². The first-order chi connectivity index (χ1) is 9.43. The fourth-order valence-corrected chi connectivity index (χ4v) is 3.79. The predicted molar refractivity (Wildman–Crippen MR) is 80.3 cm³/mol. The van der Waals surface area contributed by atoms with Crippen molar-refractivity contribution >= 4 is 27.3 Å². The Hall–Kier alpha value is -0.920. The topological polar surface area (TPSA) is 66.5 Å². The number of nitrogens with zero attached hydrogens (tertiary/aromatic N) is 1. The van der Waals surface area contributed by atoms with E-state index >= 15 is 0 Å². The Labute approximate surface area is 124 Å². The van der Waals surface area contributed by atoms with Crippen LogP contribution in [0.1, 0.15) is 31.7 Å². The molecule has 1 N–H and O–H groups in total. The molecule has 0 saturated carbocycles. The molecule has 0 spiro atoms. The second-order valence-corrected chi connectivity index (χ2v) is 7.98. The fourth-order valence-electron chi connectivity index (χ4n) is 2.50. The molecule has 20 heavy (non-hydrogen) atoms. The molecule has 5 nitrogen and oxygen atoms in total. The molecule has 0 unspecified atom stereocenters. The first-order valence-corrected chi connectivity index (χ1v) is 9.31. The number of sulfonamides is 1. The van der Waals surface area contributed by atoms with Crippen molar-refractivity contribution in [2.45, 2.75) is 32.2 Å². The molecule has 112 valence electrons. The van der Waals surface area contributed by atoms with Gasteiger partial charge in [0, 0.05) is 18.5 Å². The van der Waals surface area contributed by atoms with E-state index in [-0.39, 0.29) is 24.2 Å². The van der Waals surface area contributed by atoms with E-state index < -0.39 is 10.0 Å². The summed E-state index contributed by atoms with van der Waals surface area (Å²) in [5.74, 6) is 0.211. The predicted octanol–water partition coefficient (Wildman–Crippen LogP) is 1.39. The van der Waals surface area contributed by atoms with Gasteiger partial charge < -0.3 is 4.90 Å². The zero-order chi connectivity index (χ0) is 14.8. The second kappa shape index (κ2) is 6.24. The van der Waals surface area contributed by atoms with Crippen LogP contribution in [0.5, 0.6) is 0 Å². The second-order valence-electron chi connectivity index (χ2n) is 5.11. The van der Waals surface area contributed by atoms with E-state index in [0.29, 0.717) is 12.5 Å². The van der Waals surface area contributed by atoms with Crippen molar-refractivity contribution in [2.75, 3.05) is 18.8 Å². The molecule has 0 bridgehead atoms. The Morgan fingerprint density at radius 2 is 2.30 bits per heavy atom. The number of nitrogens with one attached hydrogen (secondary N) is 1. The third kappa shape index (κ3) is 3.59. The number of hydrogen-bond donors (Lipinski definition) is 1. The molecule has 0 aromatic carbocycles. The third-order valence-electron chi connectivity index (χ3n) is 3.73. The molecule has 0 radical (unpaired) electrons. The van der Waals surface area contributed by atoms with Crippen LogP contribution in [0.25, 0.3) is 0 Å². The zero-order valence-corrected chi connectivity index (χ0v) is 13.3. The highest BCUT2D eigenvalue weighted by atomic mass is 32.2. The maximum Gasteiger partial charge on any atom is 0.237 e. The summed E-state index contributed by atoms with van der Waals surface area (Å²) in [6.07, 6.45) is 0.934. The number of rotatable bonds is 5. The van der Waals surface area contributed by atoms with Gasteiger partial charge in [0.05, 0.1) is 12.3 Å². The normalized spacial score (nSPS) is 23.2. The Morgan fingerprint density at radius 3 is 2.90 bits per heavy atom. The van der Waals surface area contributed by atoms with Crippen LogP contribution in [0.3, 0.4) is 0 Å². The number of thiophene rings is 1. The molecular weight excluding hydrogens is 296 g/mol. The molecule has 2 rings (SSSR count). The van der Waals surface area contributed by atoms with Gasteiger partial charge in [0.2, 0.25) is 15.9 Å². The minimum Gasteiger partial charge on any atom is -0.338 e. The first-order valence-electron chi connectivity index (χ1n) is 6.72. The van der Waals surface area contributed by atoms with Gasteiger partial charge in [-0.25, -0.2) is 13.1 Å². The van der Waals surface area contributed by atoms with E-state index in [9.17, 15) is 13.2 Å². The van der Waals surface area contributed by atoms with Crippen molar-refractivity contribution in [1.29, 1.82) is 0 Å². The quantitative estimate of drug-likeness (QED) is 0.893. The number of carbonyl (C=O) groups excluding carboxylic acids is 1. The van der Waals surface area contributed by atoms with Gasteiger partial charge in [-0.1, -0.05) is 0 Å². The average Bonchev–Trinajstić information content (AvgIpc) is 3.05. The lowest BCUT2D eigenvalue weighted by atomic mass is 10.00. The van der Waals surface area contributed by atoms with E-state index in [4.69, 9.17) is 0 Å². The van der Waals surface area contributed by atoms with Crippen LogP contribution in [-0.4, -0.2) is 44.1 Å². The number of likely N-dealkylation sites (tertiary alicyclic amines) is 1. The summed E-state index contributed by atoms with van der Waals surface area (Å²) < 4.78 is 25.1. The molecule has 1 fully saturated rings. The zero-order valence-electron chi connectivity index (χ0n) is 11.7. The molecule has 1 aliphatic heterocycles. The summed E-state index contributed by atoms with van der Waals surface area (Å²) in [6, 6.07) is 2.24. The fraction of sp³-hybridized carbons (Fsp3) is 0.615. The number of amides is 1. The lowest BCUT2D eigenvalue weighted by molar-refractivity contribution is -0.130. The summed E-state index contributed by atoms with van der Waals surface area (Å²) in [4.78, 5) is 13.9. The summed E-state index contributed by atoms with van der Waals surface area (Å²) in [5.41, 5.74) is 1.27. The SMILES string of the molecule is CCS(=O)(=O)NCC(=O)N1C[C@@H](c2ccsc2)C[C@H]1C. The molecule has 1 aromatic rings. The molecule has 2 atom stereocenters. The van der Waals surface area contributed by atoms with Crippen LogP contribution in [0, 0.1) is 0 Å². The van der Waals surface area contributed by atoms with Crippen LogP contribution < -0.4 is 4.72 Å². The van der Waals surface area contributed by atoms with Gasteiger partial charge in [0.25, 0.3) is 0 Å². The Balaban J connectivity index is 1.94. The van der Waals surface area contributed by atoms with Crippen LogP contribution in [0.4, 0.5) is 0 Å². The van der Waals surface area contributed by atoms with Gasteiger partial charge in [-0.3, -0.25) is 4.79 Å². The van der Waals surface area contributed by atoms with Gasteiger partial charge in [0.1, 0.15) is 0 Å². The van der Waals surface area contributed by atoms with Crippen LogP contribution >= 0.6 is 11.3 Å². The van der Waals surface area contributed by atoms with E-state index in [1.165, 1.54) is 5.56 Å². The number of carbonyl (C=O) groups is 1. The van der Waals surface area contributed by atoms with E-state index in [1.807, 2.05) is 12.3 Å². The summed E-state index contributed by atoms with van der Waals surface area (Å²) in [7, 11) is -3.31. The lowest BCUT2D eigenvalue weighted by Crippen LogP contribution is -2.42. The van der Waals surface area contributed by atoms with Crippen molar-refractivity contribution < 1.29 is 13.2 Å². The standard InChI is InChI=1S/C13H20N2O3S2/c1-3-20(17,18)14-7-13(16)15-8-12(6-10(15)2)11-4-5-19-9-11/h4-5,9-10,12,14H,3,6-8H2,1-2H3/t10-,12+/m1/s1. The van der Waals surface area contributed by atoms with Gasteiger partial charge >= 0.3 is 0 Å². The maximum atomic E-state index is 12.1. The lowest BCUT2D eigenvalue weighted by Gasteiger charge is -2.21. The summed E-state index contributed by atoms with van der Waals surface area (Å²) in [5, 5.41) is 4.16. The minimum atomic E-state index is -3.31. The van der Waals surface area contributed by atoms with Crippen LogP contribution in [0.2, 0.25) is 0 Å². The molecule has 1 saturated heterocycles. The maximum absolute atomic E-state index is 12.1. The molecule has 2 heterocycles. The number of hydrogen-bond acceptors (Lipinski definition) is 4. The molecular formula is C13H20N2O3S2. The minimum absolute atomic E-state index is 0.00658. The smallest absolute Gasteiger partial charge is 0.237 e. The van der Waals surface area contributed by atoms with Crippen molar-refractivity contribution in [3.63, 3.8) is 0 Å². The Kier molecular flexibility index (Phi) is 4.82. The van der Waals surface area contributed by atoms with Crippen LogP contribution in [-0.2, 0) is 14.8 Å². The Bertz CT molecular complexity index is 554. The van der Waals surface area contributed by atoms with E-state index in [2.05, 4.69) is 16.2 Å². The molecule has 1 aliphatic rings. The third-order valence-corrected chi connectivity index (χ3v) is 5.78. The molecule has 0 aliphatic carbocycles. The Morgan fingerprint density at radius 1 is 1.55 bits per heavy atom. The highest BCUT2D eigenvalue weighted by Gasteiger charge is 2.33. The van der Waals surface area contributed by atoms with Crippen molar-refractivity contribution in [3.05, 3.63) is 22.4 Å². The van der Waals surface area contributed by atoms with Crippen molar-refractivity contribution in [3.8, 4) is 0 Å². The van der Waals surface area contributed by atoms with Gasteiger partial charge in [0.15, 0.2) is 0 Å². The van der Waals surface area contributed by atoms with Gasteiger partial charge in [-0.2, -0.15) is 11.3 Å². The summed E-state index contributed by atoms with van der Waals surface area (Å²) in [6.45, 7) is 4.10. The van der Waals surface area contributed by atoms with Crippen LogP contribution in [0.15, 0.2) is 16.8 Å².